The van der Waals surface area contributed by atoms with Crippen LogP contribution in [0.5, 0.6) is 5.75 Å². The number of nitrogens with zero attached hydrogens (tertiary/aromatic N) is 5. The molecular formula is C21H27N5O2S. The van der Waals surface area contributed by atoms with Crippen molar-refractivity contribution in [3.8, 4) is 5.75 Å². The highest BCUT2D eigenvalue weighted by molar-refractivity contribution is 7.22. The molecule has 0 spiro atoms. The van der Waals surface area contributed by atoms with Gasteiger partial charge in [-0.3, -0.25) is 9.48 Å². The minimum absolute atomic E-state index is 0.00934. The van der Waals surface area contributed by atoms with Crippen molar-refractivity contribution in [2.24, 2.45) is 0 Å². The van der Waals surface area contributed by atoms with Crippen LogP contribution in [0, 0.1) is 6.92 Å². The summed E-state index contributed by atoms with van der Waals surface area (Å²) in [6.45, 7) is 11.6. The summed E-state index contributed by atoms with van der Waals surface area (Å²) in [5.41, 5.74) is 2.47. The van der Waals surface area contributed by atoms with E-state index < -0.39 is 0 Å². The van der Waals surface area contributed by atoms with Gasteiger partial charge in [-0.05, 0) is 45.9 Å². The summed E-state index contributed by atoms with van der Waals surface area (Å²) in [4.78, 5) is 21.9. The van der Waals surface area contributed by atoms with Crippen LogP contribution in [0.3, 0.4) is 0 Å². The van der Waals surface area contributed by atoms with Gasteiger partial charge in [-0.25, -0.2) is 4.98 Å². The fraction of sp³-hybridized carbons (Fsp3) is 0.476. The Morgan fingerprint density at radius 2 is 2.00 bits per heavy atom. The number of ether oxygens (including phenoxy) is 1. The number of benzene rings is 1. The second-order valence-corrected chi connectivity index (χ2v) is 8.53. The molecule has 4 rings (SSSR count). The average molecular weight is 414 g/mol. The molecule has 2 aromatic heterocycles. The summed E-state index contributed by atoms with van der Waals surface area (Å²) in [6, 6.07) is 8.17. The average Bonchev–Trinajstić information content (AvgIpc) is 3.32. The first-order valence-corrected chi connectivity index (χ1v) is 10.9. The molecule has 0 N–H and O–H groups in total. The number of para-hydroxylation sites is 1. The normalized spacial score (nSPS) is 14.8. The fourth-order valence-electron chi connectivity index (χ4n) is 3.70. The lowest BCUT2D eigenvalue weighted by atomic mass is 10.2. The minimum atomic E-state index is 0.00934. The third-order valence-electron chi connectivity index (χ3n) is 5.14. The standard InChI is InChI=1S/C21H27N5O2S/c1-5-28-17-7-6-8-18-19(17)22-21(29-18)25-11-9-24(10-12-25)20(27)16-13-15(4)26(23-16)14(2)3/h6-8,13-14H,5,9-12H2,1-4H3. The molecule has 1 saturated heterocycles. The molecule has 1 aliphatic heterocycles. The molecule has 0 radical (unpaired) electrons. The Kier molecular flexibility index (Phi) is 5.45. The molecule has 1 amide bonds. The number of aromatic nitrogens is 3. The van der Waals surface area contributed by atoms with E-state index in [2.05, 4.69) is 29.9 Å². The van der Waals surface area contributed by atoms with Crippen LogP contribution in [-0.2, 0) is 0 Å². The zero-order chi connectivity index (χ0) is 20.5. The maximum atomic E-state index is 12.9. The van der Waals surface area contributed by atoms with E-state index in [1.165, 1.54) is 0 Å². The molecule has 0 aliphatic carbocycles. The van der Waals surface area contributed by atoms with Gasteiger partial charge in [0.25, 0.3) is 5.91 Å². The van der Waals surface area contributed by atoms with Gasteiger partial charge in [0, 0.05) is 37.9 Å². The van der Waals surface area contributed by atoms with Gasteiger partial charge < -0.3 is 14.5 Å². The van der Waals surface area contributed by atoms with E-state index in [0.29, 0.717) is 25.4 Å². The van der Waals surface area contributed by atoms with Crippen molar-refractivity contribution in [2.75, 3.05) is 37.7 Å². The molecule has 1 fully saturated rings. The zero-order valence-corrected chi connectivity index (χ0v) is 18.2. The van der Waals surface area contributed by atoms with Gasteiger partial charge in [0.05, 0.1) is 11.3 Å². The molecule has 1 aromatic carbocycles. The lowest BCUT2D eigenvalue weighted by Crippen LogP contribution is -2.48. The van der Waals surface area contributed by atoms with Crippen molar-refractivity contribution < 1.29 is 9.53 Å². The summed E-state index contributed by atoms with van der Waals surface area (Å²) in [5, 5.41) is 5.49. The van der Waals surface area contributed by atoms with Crippen LogP contribution >= 0.6 is 11.3 Å². The molecule has 8 heteroatoms. The SMILES string of the molecule is CCOc1cccc2sc(N3CCN(C(=O)c4cc(C)n(C(C)C)n4)CC3)nc12. The van der Waals surface area contributed by atoms with E-state index in [0.717, 1.165) is 39.9 Å². The van der Waals surface area contributed by atoms with E-state index in [4.69, 9.17) is 9.72 Å². The monoisotopic (exact) mass is 413 g/mol. The van der Waals surface area contributed by atoms with Gasteiger partial charge in [0.1, 0.15) is 11.3 Å². The number of hydrogen-bond acceptors (Lipinski definition) is 6. The van der Waals surface area contributed by atoms with Crippen LogP contribution in [0.1, 0.15) is 43.0 Å². The Bertz CT molecular complexity index is 1020. The maximum Gasteiger partial charge on any atom is 0.274 e. The smallest absolute Gasteiger partial charge is 0.274 e. The van der Waals surface area contributed by atoms with E-state index in [1.54, 1.807) is 11.3 Å². The summed E-state index contributed by atoms with van der Waals surface area (Å²) >= 11 is 1.67. The molecule has 0 bridgehead atoms. The van der Waals surface area contributed by atoms with Gasteiger partial charge >= 0.3 is 0 Å². The van der Waals surface area contributed by atoms with Crippen LogP contribution in [0.25, 0.3) is 10.2 Å². The molecule has 0 unspecified atom stereocenters. The largest absolute Gasteiger partial charge is 0.492 e. The summed E-state index contributed by atoms with van der Waals surface area (Å²) in [5.74, 6) is 0.840. The number of rotatable bonds is 5. The van der Waals surface area contributed by atoms with Crippen molar-refractivity contribution in [1.29, 1.82) is 0 Å². The maximum absolute atomic E-state index is 12.9. The molecular weight excluding hydrogens is 386 g/mol. The van der Waals surface area contributed by atoms with Crippen LogP contribution in [0.2, 0.25) is 0 Å². The highest BCUT2D eigenvalue weighted by atomic mass is 32.1. The van der Waals surface area contributed by atoms with E-state index in [9.17, 15) is 4.79 Å². The quantitative estimate of drug-likeness (QED) is 0.638. The number of anilines is 1. The first-order valence-electron chi connectivity index (χ1n) is 10.1. The highest BCUT2D eigenvalue weighted by Gasteiger charge is 2.26. The molecule has 0 saturated carbocycles. The van der Waals surface area contributed by atoms with Gasteiger partial charge in [-0.2, -0.15) is 5.10 Å². The zero-order valence-electron chi connectivity index (χ0n) is 17.4. The van der Waals surface area contributed by atoms with Crippen molar-refractivity contribution in [1.82, 2.24) is 19.7 Å². The Labute approximate surface area is 174 Å². The molecule has 29 heavy (non-hydrogen) atoms. The number of aryl methyl sites for hydroxylation is 1. The summed E-state index contributed by atoms with van der Waals surface area (Å²) < 4.78 is 8.74. The van der Waals surface area contributed by atoms with Crippen molar-refractivity contribution in [2.45, 2.75) is 33.7 Å². The molecule has 3 aromatic rings. The number of carbonyl (C=O) groups is 1. The first-order chi connectivity index (χ1) is 14.0. The van der Waals surface area contributed by atoms with E-state index >= 15 is 0 Å². The highest BCUT2D eigenvalue weighted by Crippen LogP contribution is 2.34. The van der Waals surface area contributed by atoms with Gasteiger partial charge in [0.15, 0.2) is 10.8 Å². The fourth-order valence-corrected chi connectivity index (χ4v) is 4.73. The van der Waals surface area contributed by atoms with Crippen LogP contribution in [0.4, 0.5) is 5.13 Å². The minimum Gasteiger partial charge on any atom is -0.492 e. The Morgan fingerprint density at radius 1 is 1.24 bits per heavy atom. The Hall–Kier alpha value is -2.61. The van der Waals surface area contributed by atoms with Crippen molar-refractivity contribution in [3.05, 3.63) is 35.7 Å². The third kappa shape index (κ3) is 3.81. The number of hydrogen-bond donors (Lipinski definition) is 0. The second kappa shape index (κ2) is 8.02. The van der Waals surface area contributed by atoms with E-state index in [1.807, 2.05) is 41.6 Å². The van der Waals surface area contributed by atoms with Crippen LogP contribution in [0.15, 0.2) is 24.3 Å². The molecule has 154 valence electrons. The molecule has 1 aliphatic rings. The predicted octanol–water partition coefficient (Wildman–Crippen LogP) is 3.74. The summed E-state index contributed by atoms with van der Waals surface area (Å²) in [7, 11) is 0. The van der Waals surface area contributed by atoms with Gasteiger partial charge in [-0.1, -0.05) is 17.4 Å². The van der Waals surface area contributed by atoms with Crippen molar-refractivity contribution in [3.63, 3.8) is 0 Å². The molecule has 7 nitrogen and oxygen atoms in total. The topological polar surface area (TPSA) is 63.5 Å². The number of carbonyl (C=O) groups excluding carboxylic acids is 1. The number of fused-ring (bicyclic) bond motifs is 1. The number of piperazine rings is 1. The predicted molar refractivity (Wildman–Crippen MR) is 116 cm³/mol. The number of thiazole rings is 1. The molecule has 3 heterocycles. The van der Waals surface area contributed by atoms with Gasteiger partial charge in [0.2, 0.25) is 0 Å². The Balaban J connectivity index is 1.45. The lowest BCUT2D eigenvalue weighted by molar-refractivity contribution is 0.0739. The Morgan fingerprint density at radius 3 is 2.66 bits per heavy atom. The second-order valence-electron chi connectivity index (χ2n) is 7.52. The van der Waals surface area contributed by atoms with Crippen molar-refractivity contribution >= 4 is 32.6 Å². The third-order valence-corrected chi connectivity index (χ3v) is 6.22. The van der Waals surface area contributed by atoms with Crippen LogP contribution in [-0.4, -0.2) is 58.4 Å². The molecule has 0 atom stereocenters. The first kappa shape index (κ1) is 19.7. The number of amides is 1. The van der Waals surface area contributed by atoms with E-state index in [-0.39, 0.29) is 11.9 Å². The van der Waals surface area contributed by atoms with Gasteiger partial charge in [-0.15, -0.1) is 0 Å². The lowest BCUT2D eigenvalue weighted by Gasteiger charge is -2.34. The summed E-state index contributed by atoms with van der Waals surface area (Å²) in [6.07, 6.45) is 0. The van der Waals surface area contributed by atoms with Crippen LogP contribution < -0.4 is 9.64 Å².